The minimum absolute atomic E-state index is 0.0371. The highest BCUT2D eigenvalue weighted by Crippen LogP contribution is 2.46. The van der Waals surface area contributed by atoms with Crippen LogP contribution in [0, 0.1) is 0 Å². The van der Waals surface area contributed by atoms with Crippen LogP contribution in [-0.4, -0.2) is 44.6 Å². The Hall–Kier alpha value is -4.25. The van der Waals surface area contributed by atoms with E-state index in [1.807, 2.05) is 0 Å². The number of aromatic hydroxyl groups is 1. The van der Waals surface area contributed by atoms with Crippen molar-refractivity contribution in [1.82, 2.24) is 25.3 Å². The number of aromatic nitrogens is 5. The second-order valence-corrected chi connectivity index (χ2v) is 9.39. The van der Waals surface area contributed by atoms with E-state index in [0.29, 0.717) is 63.0 Å². The van der Waals surface area contributed by atoms with Crippen LogP contribution >= 0.6 is 11.3 Å². The zero-order valence-corrected chi connectivity index (χ0v) is 21.4. The zero-order valence-electron chi connectivity index (χ0n) is 20.6. The molecule has 4 heterocycles. The molecule has 0 spiro atoms. The molecule has 0 saturated carbocycles. The summed E-state index contributed by atoms with van der Waals surface area (Å²) in [6.45, 7) is 2.06. The van der Waals surface area contributed by atoms with Crippen LogP contribution in [0.15, 0.2) is 45.8 Å². The zero-order chi connectivity index (χ0) is 25.9. The van der Waals surface area contributed by atoms with Crippen molar-refractivity contribution in [3.63, 3.8) is 0 Å². The van der Waals surface area contributed by atoms with Crippen LogP contribution in [0.25, 0.3) is 32.8 Å². The van der Waals surface area contributed by atoms with E-state index >= 15 is 0 Å². The Morgan fingerprint density at radius 2 is 1.84 bits per heavy atom. The first-order chi connectivity index (χ1) is 18.0. The summed E-state index contributed by atoms with van der Waals surface area (Å²) in [4.78, 5) is 20.5. The van der Waals surface area contributed by atoms with E-state index in [-0.39, 0.29) is 16.3 Å². The molecule has 0 bridgehead atoms. The monoisotopic (exact) mass is 519 g/mol. The van der Waals surface area contributed by atoms with Crippen molar-refractivity contribution in [2.45, 2.75) is 32.6 Å². The van der Waals surface area contributed by atoms with Crippen molar-refractivity contribution in [1.29, 1.82) is 0 Å². The van der Waals surface area contributed by atoms with Gasteiger partial charge in [0.25, 0.3) is 5.56 Å². The first-order valence-electron chi connectivity index (χ1n) is 11.8. The quantitative estimate of drug-likeness (QED) is 0.283. The summed E-state index contributed by atoms with van der Waals surface area (Å²) >= 11 is 1.19. The number of nitrogens with zero attached hydrogens (tertiary/aromatic N) is 4. The standard InChI is InChI=1S/C26H25N5O5S/c1-4-5-8-14-20(21-16(34-2)9-6-10-17(21)35-3)24(32)22(25(33)28-14)26-30-29-19(37-26)13-15-23-18(36-31-15)11-7-12-27-23/h6-7,9-12H,4-5,8,13H2,1-3H3,(H2,28,32,33). The molecule has 4 aromatic heterocycles. The largest absolute Gasteiger partial charge is 0.506 e. The molecule has 0 fully saturated rings. The molecule has 5 rings (SSSR count). The first kappa shape index (κ1) is 24.4. The number of benzene rings is 1. The van der Waals surface area contributed by atoms with Gasteiger partial charge in [-0.3, -0.25) is 9.78 Å². The molecule has 0 saturated heterocycles. The number of ether oxygens (including phenoxy) is 2. The predicted molar refractivity (Wildman–Crippen MR) is 139 cm³/mol. The fourth-order valence-corrected chi connectivity index (χ4v) is 5.14. The van der Waals surface area contributed by atoms with E-state index in [1.54, 1.807) is 50.7 Å². The molecule has 2 N–H and O–H groups in total. The highest BCUT2D eigenvalue weighted by molar-refractivity contribution is 7.14. The molecule has 10 nitrogen and oxygen atoms in total. The molecule has 37 heavy (non-hydrogen) atoms. The van der Waals surface area contributed by atoms with Crippen molar-refractivity contribution in [3.8, 4) is 38.9 Å². The normalized spacial score (nSPS) is 11.2. The van der Waals surface area contributed by atoms with E-state index in [1.165, 1.54) is 11.3 Å². The van der Waals surface area contributed by atoms with E-state index in [4.69, 9.17) is 14.0 Å². The second-order valence-electron chi connectivity index (χ2n) is 8.33. The summed E-state index contributed by atoms with van der Waals surface area (Å²) in [7, 11) is 3.10. The maximum atomic E-state index is 13.2. The van der Waals surface area contributed by atoms with E-state index < -0.39 is 5.56 Å². The molecule has 0 amide bonds. The van der Waals surface area contributed by atoms with Gasteiger partial charge in [0.2, 0.25) is 0 Å². The van der Waals surface area contributed by atoms with Crippen molar-refractivity contribution in [3.05, 3.63) is 63.3 Å². The van der Waals surface area contributed by atoms with E-state index in [9.17, 15) is 9.90 Å². The first-order valence-corrected chi connectivity index (χ1v) is 12.6. The topological polar surface area (TPSA) is 136 Å². The number of pyridine rings is 2. The van der Waals surface area contributed by atoms with Crippen LogP contribution in [0.5, 0.6) is 17.2 Å². The smallest absolute Gasteiger partial charge is 0.262 e. The Morgan fingerprint density at radius 3 is 2.57 bits per heavy atom. The minimum Gasteiger partial charge on any atom is -0.506 e. The lowest BCUT2D eigenvalue weighted by Crippen LogP contribution is -2.14. The third-order valence-corrected chi connectivity index (χ3v) is 6.96. The average molecular weight is 520 g/mol. The molecule has 0 aliphatic heterocycles. The van der Waals surface area contributed by atoms with Gasteiger partial charge < -0.3 is 24.1 Å². The molecule has 190 valence electrons. The van der Waals surface area contributed by atoms with Gasteiger partial charge in [0.15, 0.2) is 10.6 Å². The maximum absolute atomic E-state index is 13.2. The third-order valence-electron chi connectivity index (χ3n) is 6.02. The number of fused-ring (bicyclic) bond motifs is 1. The van der Waals surface area contributed by atoms with Gasteiger partial charge in [-0.1, -0.05) is 35.9 Å². The van der Waals surface area contributed by atoms with Crippen molar-refractivity contribution in [2.75, 3.05) is 14.2 Å². The highest BCUT2D eigenvalue weighted by Gasteiger charge is 2.27. The SMILES string of the molecule is CCCCc1[nH]c(=O)c(-c2nnc(Cc3noc4cccnc34)s2)c(O)c1-c1c(OC)cccc1OC. The summed E-state index contributed by atoms with van der Waals surface area (Å²) < 4.78 is 16.5. The fourth-order valence-electron chi connectivity index (χ4n) is 4.26. The number of nitrogens with one attached hydrogen (secondary N) is 1. The Labute approximate surface area is 215 Å². The third kappa shape index (κ3) is 4.53. The van der Waals surface area contributed by atoms with Gasteiger partial charge in [0, 0.05) is 18.3 Å². The summed E-state index contributed by atoms with van der Waals surface area (Å²) in [6.07, 6.45) is 4.28. The molecule has 0 aliphatic carbocycles. The number of H-pyrrole nitrogens is 1. The molecular formula is C26H25N5O5S. The lowest BCUT2D eigenvalue weighted by Gasteiger charge is -2.18. The summed E-state index contributed by atoms with van der Waals surface area (Å²) in [5.74, 6) is 0.816. The van der Waals surface area contributed by atoms with Crippen LogP contribution in [0.3, 0.4) is 0 Å². The molecule has 5 aromatic rings. The highest BCUT2D eigenvalue weighted by atomic mass is 32.1. The van der Waals surface area contributed by atoms with Gasteiger partial charge >= 0.3 is 0 Å². The van der Waals surface area contributed by atoms with Crippen molar-refractivity contribution >= 4 is 22.4 Å². The van der Waals surface area contributed by atoms with Gasteiger partial charge in [0.05, 0.1) is 25.3 Å². The van der Waals surface area contributed by atoms with Crippen LogP contribution < -0.4 is 15.0 Å². The van der Waals surface area contributed by atoms with E-state index in [2.05, 4.69) is 32.2 Å². The molecule has 0 atom stereocenters. The Balaban J connectivity index is 1.63. The number of hydrogen-bond donors (Lipinski definition) is 2. The van der Waals surface area contributed by atoms with Crippen LogP contribution in [0.4, 0.5) is 0 Å². The molecule has 1 aromatic carbocycles. The second kappa shape index (κ2) is 10.4. The molecular weight excluding hydrogens is 494 g/mol. The number of aryl methyl sites for hydroxylation is 1. The van der Waals surface area contributed by atoms with Gasteiger partial charge in [-0.15, -0.1) is 10.2 Å². The van der Waals surface area contributed by atoms with Crippen LogP contribution in [-0.2, 0) is 12.8 Å². The van der Waals surface area contributed by atoms with Gasteiger partial charge in [-0.25, -0.2) is 0 Å². The number of rotatable bonds is 9. The minimum atomic E-state index is -0.447. The number of hydrogen-bond acceptors (Lipinski definition) is 10. The Bertz CT molecular complexity index is 1600. The average Bonchev–Trinajstić information content (AvgIpc) is 3.54. The summed E-state index contributed by atoms with van der Waals surface area (Å²) in [5, 5.41) is 25.0. The van der Waals surface area contributed by atoms with Gasteiger partial charge in [-0.2, -0.15) is 0 Å². The van der Waals surface area contributed by atoms with Gasteiger partial charge in [0.1, 0.15) is 39.0 Å². The molecule has 0 unspecified atom stereocenters. The van der Waals surface area contributed by atoms with E-state index in [0.717, 1.165) is 12.8 Å². The van der Waals surface area contributed by atoms with Crippen LogP contribution in [0.1, 0.15) is 36.2 Å². The number of unbranched alkanes of at least 4 members (excludes halogenated alkanes) is 1. The summed E-state index contributed by atoms with van der Waals surface area (Å²) in [5.41, 5.74) is 3.03. The summed E-state index contributed by atoms with van der Waals surface area (Å²) in [6, 6.07) is 8.93. The van der Waals surface area contributed by atoms with Crippen LogP contribution in [0.2, 0.25) is 0 Å². The Kier molecular flexibility index (Phi) is 6.87. The lowest BCUT2D eigenvalue weighted by atomic mass is 9.96. The maximum Gasteiger partial charge on any atom is 0.262 e. The predicted octanol–water partition coefficient (Wildman–Crippen LogP) is 4.75. The van der Waals surface area contributed by atoms with Gasteiger partial charge in [-0.05, 0) is 37.1 Å². The number of aromatic amines is 1. The van der Waals surface area contributed by atoms with Crippen molar-refractivity contribution < 1.29 is 19.1 Å². The van der Waals surface area contributed by atoms with Crippen molar-refractivity contribution in [2.24, 2.45) is 0 Å². The molecule has 0 aliphatic rings. The molecule has 0 radical (unpaired) electrons. The molecule has 11 heteroatoms. The lowest BCUT2D eigenvalue weighted by molar-refractivity contribution is 0.396. The number of methoxy groups -OCH3 is 2. The Morgan fingerprint density at radius 1 is 1.05 bits per heavy atom. The fraction of sp³-hybridized carbons (Fsp3) is 0.269.